The first-order valence-corrected chi connectivity index (χ1v) is 7.20. The Morgan fingerprint density at radius 1 is 1.25 bits per heavy atom. The van der Waals surface area contributed by atoms with E-state index in [4.69, 9.17) is 0 Å². The van der Waals surface area contributed by atoms with Gasteiger partial charge < -0.3 is 10.0 Å². The molecule has 0 amide bonds. The van der Waals surface area contributed by atoms with E-state index in [0.29, 0.717) is 6.54 Å². The van der Waals surface area contributed by atoms with Crippen LogP contribution in [0.1, 0.15) is 24.2 Å². The quantitative estimate of drug-likeness (QED) is 0.900. The van der Waals surface area contributed by atoms with Crippen LogP contribution in [-0.2, 0) is 6.54 Å². The normalized spacial score (nSPS) is 12.2. The van der Waals surface area contributed by atoms with Crippen molar-refractivity contribution in [1.82, 2.24) is 0 Å². The van der Waals surface area contributed by atoms with Gasteiger partial charge in [0.1, 0.15) is 5.82 Å². The summed E-state index contributed by atoms with van der Waals surface area (Å²) >= 11 is 3.47. The van der Waals surface area contributed by atoms with Gasteiger partial charge in [0, 0.05) is 23.8 Å². The molecule has 0 radical (unpaired) electrons. The van der Waals surface area contributed by atoms with E-state index >= 15 is 0 Å². The van der Waals surface area contributed by atoms with Gasteiger partial charge in [-0.25, -0.2) is 4.39 Å². The van der Waals surface area contributed by atoms with Gasteiger partial charge in [0.05, 0.1) is 6.10 Å². The Labute approximate surface area is 127 Å². The zero-order valence-corrected chi connectivity index (χ0v) is 13.1. The van der Waals surface area contributed by atoms with Gasteiger partial charge in [-0.2, -0.15) is 0 Å². The first kappa shape index (κ1) is 15.0. The lowest BCUT2D eigenvalue weighted by Crippen LogP contribution is -2.16. The average molecular weight is 338 g/mol. The molecule has 0 spiro atoms. The molecule has 0 bridgehead atoms. The van der Waals surface area contributed by atoms with Gasteiger partial charge in [0.25, 0.3) is 0 Å². The maximum Gasteiger partial charge on any atom is 0.123 e. The standard InChI is InChI=1S/C16H17BrFNO/c1-11(20)15-7-6-14(9-16(15)17)19(2)10-12-4-3-5-13(18)8-12/h3-9,11,20H,10H2,1-2H3/t11-/m0/s1. The number of anilines is 1. The summed E-state index contributed by atoms with van der Waals surface area (Å²) in [5, 5.41) is 9.61. The lowest BCUT2D eigenvalue weighted by Gasteiger charge is -2.21. The lowest BCUT2D eigenvalue weighted by atomic mass is 10.1. The molecule has 0 saturated carbocycles. The van der Waals surface area contributed by atoms with Crippen molar-refractivity contribution < 1.29 is 9.50 Å². The van der Waals surface area contributed by atoms with E-state index in [1.807, 2.05) is 36.2 Å². The van der Waals surface area contributed by atoms with Gasteiger partial charge in [-0.05, 0) is 42.3 Å². The van der Waals surface area contributed by atoms with E-state index in [-0.39, 0.29) is 5.82 Å². The van der Waals surface area contributed by atoms with Crippen LogP contribution >= 0.6 is 15.9 Å². The molecule has 0 aliphatic heterocycles. The van der Waals surface area contributed by atoms with Crippen molar-refractivity contribution in [3.63, 3.8) is 0 Å². The highest BCUT2D eigenvalue weighted by molar-refractivity contribution is 9.10. The summed E-state index contributed by atoms with van der Waals surface area (Å²) in [6.07, 6.45) is -0.507. The summed E-state index contributed by atoms with van der Waals surface area (Å²) in [5.74, 6) is -0.221. The Bertz CT molecular complexity index is 601. The molecule has 0 heterocycles. The van der Waals surface area contributed by atoms with Crippen LogP contribution in [0, 0.1) is 5.82 Å². The smallest absolute Gasteiger partial charge is 0.123 e. The first-order valence-electron chi connectivity index (χ1n) is 6.40. The second-order valence-electron chi connectivity index (χ2n) is 4.87. The molecular weight excluding hydrogens is 321 g/mol. The highest BCUT2D eigenvalue weighted by atomic mass is 79.9. The first-order chi connectivity index (χ1) is 9.47. The topological polar surface area (TPSA) is 23.5 Å². The lowest BCUT2D eigenvalue weighted by molar-refractivity contribution is 0.198. The van der Waals surface area contributed by atoms with E-state index in [2.05, 4.69) is 15.9 Å². The third kappa shape index (κ3) is 3.58. The summed E-state index contributed by atoms with van der Waals surface area (Å²) in [5.41, 5.74) is 2.78. The van der Waals surface area contributed by atoms with Gasteiger partial charge in [-0.15, -0.1) is 0 Å². The van der Waals surface area contributed by atoms with Crippen molar-refractivity contribution in [2.24, 2.45) is 0 Å². The van der Waals surface area contributed by atoms with Crippen LogP contribution in [0.5, 0.6) is 0 Å². The maximum atomic E-state index is 13.2. The second-order valence-corrected chi connectivity index (χ2v) is 5.72. The third-order valence-electron chi connectivity index (χ3n) is 3.18. The van der Waals surface area contributed by atoms with Crippen LogP contribution in [0.15, 0.2) is 46.9 Å². The van der Waals surface area contributed by atoms with Crippen molar-refractivity contribution in [2.75, 3.05) is 11.9 Å². The van der Waals surface area contributed by atoms with E-state index < -0.39 is 6.10 Å². The Kier molecular flexibility index (Phi) is 4.78. The van der Waals surface area contributed by atoms with Crippen molar-refractivity contribution in [2.45, 2.75) is 19.6 Å². The van der Waals surface area contributed by atoms with Crippen LogP contribution in [-0.4, -0.2) is 12.2 Å². The Morgan fingerprint density at radius 3 is 2.60 bits per heavy atom. The third-order valence-corrected chi connectivity index (χ3v) is 3.87. The van der Waals surface area contributed by atoms with Crippen molar-refractivity contribution in [1.29, 1.82) is 0 Å². The maximum absolute atomic E-state index is 13.2. The fraction of sp³-hybridized carbons (Fsp3) is 0.250. The van der Waals surface area contributed by atoms with Gasteiger partial charge >= 0.3 is 0 Å². The zero-order chi connectivity index (χ0) is 14.7. The predicted molar refractivity (Wildman–Crippen MR) is 83.3 cm³/mol. The number of aliphatic hydroxyl groups excluding tert-OH is 1. The molecule has 4 heteroatoms. The largest absolute Gasteiger partial charge is 0.389 e. The molecule has 0 aromatic heterocycles. The molecule has 2 nitrogen and oxygen atoms in total. The molecule has 20 heavy (non-hydrogen) atoms. The number of nitrogens with zero attached hydrogens (tertiary/aromatic N) is 1. The Hall–Kier alpha value is -1.39. The minimum absolute atomic E-state index is 0.221. The summed E-state index contributed by atoms with van der Waals surface area (Å²) in [6, 6.07) is 12.4. The van der Waals surface area contributed by atoms with Crippen molar-refractivity contribution in [3.8, 4) is 0 Å². The molecule has 0 aliphatic carbocycles. The number of halogens is 2. The molecule has 1 atom stereocenters. The fourth-order valence-corrected chi connectivity index (χ4v) is 2.79. The monoisotopic (exact) mass is 337 g/mol. The molecule has 0 aliphatic rings. The van der Waals surface area contributed by atoms with Crippen molar-refractivity contribution >= 4 is 21.6 Å². The molecule has 0 fully saturated rings. The molecular formula is C16H17BrFNO. The summed E-state index contributed by atoms with van der Waals surface area (Å²) in [4.78, 5) is 2.03. The SMILES string of the molecule is C[C@H](O)c1ccc(N(C)Cc2cccc(F)c2)cc1Br. The van der Waals surface area contributed by atoms with E-state index in [9.17, 15) is 9.50 Å². The summed E-state index contributed by atoms with van der Waals surface area (Å²) in [7, 11) is 1.95. The zero-order valence-electron chi connectivity index (χ0n) is 11.5. The fourth-order valence-electron chi connectivity index (χ4n) is 2.09. The summed E-state index contributed by atoms with van der Waals surface area (Å²) < 4.78 is 14.0. The number of hydrogen-bond acceptors (Lipinski definition) is 2. The summed E-state index contributed by atoms with van der Waals surface area (Å²) in [6.45, 7) is 2.36. The second kappa shape index (κ2) is 6.37. The van der Waals surface area contributed by atoms with Crippen LogP contribution in [0.25, 0.3) is 0 Å². The van der Waals surface area contributed by atoms with Gasteiger partial charge in [-0.3, -0.25) is 0 Å². The van der Waals surface area contributed by atoms with E-state index in [1.165, 1.54) is 12.1 Å². The molecule has 2 rings (SSSR count). The molecule has 1 N–H and O–H groups in total. The van der Waals surface area contributed by atoms with Gasteiger partial charge in [0.2, 0.25) is 0 Å². The highest BCUT2D eigenvalue weighted by Gasteiger charge is 2.09. The Balaban J connectivity index is 2.17. The molecule has 2 aromatic rings. The number of hydrogen-bond donors (Lipinski definition) is 1. The van der Waals surface area contributed by atoms with Crippen LogP contribution in [0.3, 0.4) is 0 Å². The number of rotatable bonds is 4. The van der Waals surface area contributed by atoms with Crippen LogP contribution < -0.4 is 4.90 Å². The number of benzene rings is 2. The van der Waals surface area contributed by atoms with Crippen molar-refractivity contribution in [3.05, 3.63) is 63.9 Å². The predicted octanol–water partition coefficient (Wildman–Crippen LogP) is 4.28. The van der Waals surface area contributed by atoms with E-state index in [0.717, 1.165) is 21.3 Å². The number of aliphatic hydroxyl groups is 1. The molecule has 2 aromatic carbocycles. The van der Waals surface area contributed by atoms with Gasteiger partial charge in [0.15, 0.2) is 0 Å². The van der Waals surface area contributed by atoms with Crippen LogP contribution in [0.2, 0.25) is 0 Å². The minimum Gasteiger partial charge on any atom is -0.389 e. The molecule has 0 saturated heterocycles. The molecule has 106 valence electrons. The van der Waals surface area contributed by atoms with Crippen LogP contribution in [0.4, 0.5) is 10.1 Å². The minimum atomic E-state index is -0.507. The van der Waals surface area contributed by atoms with E-state index in [1.54, 1.807) is 13.0 Å². The Morgan fingerprint density at radius 2 is 2.00 bits per heavy atom. The van der Waals surface area contributed by atoms with Gasteiger partial charge in [-0.1, -0.05) is 34.1 Å². The average Bonchev–Trinajstić information content (AvgIpc) is 2.38. The highest BCUT2D eigenvalue weighted by Crippen LogP contribution is 2.28. The molecule has 0 unspecified atom stereocenters.